The summed E-state index contributed by atoms with van der Waals surface area (Å²) in [4.78, 5) is 4.94. The van der Waals surface area contributed by atoms with Crippen LogP contribution in [0.2, 0.25) is 0 Å². The topological polar surface area (TPSA) is 41.8 Å². The Hall–Kier alpha value is -3.07. The van der Waals surface area contributed by atoms with Gasteiger partial charge in [0, 0.05) is 22.8 Å². The van der Waals surface area contributed by atoms with Crippen molar-refractivity contribution in [2.75, 3.05) is 7.11 Å². The van der Waals surface area contributed by atoms with E-state index < -0.39 is 5.41 Å². The highest BCUT2D eigenvalue weighted by molar-refractivity contribution is 5.86. The normalized spacial score (nSPS) is 22.5. The monoisotopic (exact) mass is 425 g/mol. The third-order valence-electron chi connectivity index (χ3n) is 7.70. The fraction of sp³-hybridized carbons (Fsp3) is 0.345. The van der Waals surface area contributed by atoms with Crippen LogP contribution in [-0.2, 0) is 5.41 Å². The molecule has 3 aromatic rings. The molecule has 2 fully saturated rings. The maximum atomic E-state index is 11.5. The van der Waals surface area contributed by atoms with Crippen molar-refractivity contribution >= 4 is 6.21 Å². The fourth-order valence-electron chi connectivity index (χ4n) is 5.82. The predicted octanol–water partition coefficient (Wildman–Crippen LogP) is 6.36. The van der Waals surface area contributed by atoms with Crippen LogP contribution in [0.25, 0.3) is 0 Å². The summed E-state index contributed by atoms with van der Waals surface area (Å²) in [5.74, 6) is 2.55. The largest absolute Gasteiger partial charge is 0.507 e. The molecule has 2 aliphatic carbocycles. The smallest absolute Gasteiger partial charge is 0.129 e. The molecule has 5 rings (SSSR count). The number of hydrogen-bond acceptors (Lipinski definition) is 3. The Labute approximate surface area is 190 Å². The average Bonchev–Trinajstić information content (AvgIpc) is 3.47. The molecule has 2 saturated carbocycles. The zero-order valence-electron chi connectivity index (χ0n) is 18.9. The highest BCUT2D eigenvalue weighted by atomic mass is 16.5. The maximum absolute atomic E-state index is 11.5. The van der Waals surface area contributed by atoms with Crippen LogP contribution in [-0.4, -0.2) is 24.5 Å². The van der Waals surface area contributed by atoms with Gasteiger partial charge in [-0.05, 0) is 61.3 Å². The Bertz CT molecular complexity index is 1070. The molecular weight excluding hydrogens is 394 g/mol. The first-order chi connectivity index (χ1) is 15.6. The molecule has 3 nitrogen and oxygen atoms in total. The molecule has 2 bridgehead atoms. The van der Waals surface area contributed by atoms with Crippen LogP contribution in [0.5, 0.6) is 11.5 Å². The van der Waals surface area contributed by atoms with Crippen LogP contribution in [0.1, 0.15) is 54.9 Å². The lowest BCUT2D eigenvalue weighted by atomic mass is 9.70. The van der Waals surface area contributed by atoms with Crippen LogP contribution < -0.4 is 4.74 Å². The van der Waals surface area contributed by atoms with Gasteiger partial charge < -0.3 is 9.84 Å². The van der Waals surface area contributed by atoms with Crippen molar-refractivity contribution in [3.05, 3.63) is 95.1 Å². The summed E-state index contributed by atoms with van der Waals surface area (Å²) in [7, 11) is 1.68. The summed E-state index contributed by atoms with van der Waals surface area (Å²) in [6.07, 6.45) is 7.03. The van der Waals surface area contributed by atoms with Crippen molar-refractivity contribution < 1.29 is 9.84 Å². The second-order valence-corrected chi connectivity index (χ2v) is 9.49. The Morgan fingerprint density at radius 1 is 0.938 bits per heavy atom. The number of aliphatic imine (C=N–C) groups is 1. The number of aromatic hydroxyl groups is 1. The van der Waals surface area contributed by atoms with Gasteiger partial charge in [0.25, 0.3) is 0 Å². The lowest BCUT2D eigenvalue weighted by molar-refractivity contribution is 0.407. The van der Waals surface area contributed by atoms with Gasteiger partial charge >= 0.3 is 0 Å². The Balaban J connectivity index is 1.63. The van der Waals surface area contributed by atoms with Crippen LogP contribution in [0.15, 0.2) is 77.8 Å². The van der Waals surface area contributed by atoms with E-state index in [1.165, 1.54) is 25.7 Å². The van der Waals surface area contributed by atoms with Crippen LogP contribution in [0, 0.1) is 11.8 Å². The number of phenolic OH excluding ortho intramolecular Hbond substituents is 1. The van der Waals surface area contributed by atoms with Crippen LogP contribution in [0.3, 0.4) is 0 Å². The molecule has 0 amide bonds. The van der Waals surface area contributed by atoms with Gasteiger partial charge in [-0.15, -0.1) is 0 Å². The quantitative estimate of drug-likeness (QED) is 0.369. The minimum Gasteiger partial charge on any atom is -0.507 e. The van der Waals surface area contributed by atoms with E-state index in [9.17, 15) is 5.11 Å². The van der Waals surface area contributed by atoms with Crippen molar-refractivity contribution in [2.45, 2.75) is 44.1 Å². The number of hydrogen-bond donors (Lipinski definition) is 1. The second kappa shape index (κ2) is 8.46. The minimum absolute atomic E-state index is 0.271. The number of nitrogens with zero attached hydrogens (tertiary/aromatic N) is 1. The van der Waals surface area contributed by atoms with Crippen LogP contribution >= 0.6 is 0 Å². The summed E-state index contributed by atoms with van der Waals surface area (Å²) in [6, 6.07) is 25.0. The molecule has 3 heteroatoms. The molecule has 3 atom stereocenters. The molecule has 1 N–H and O–H groups in total. The first-order valence-corrected chi connectivity index (χ1v) is 11.6. The number of ether oxygens (including phenoxy) is 1. The highest BCUT2D eigenvalue weighted by Gasteiger charge is 2.39. The average molecular weight is 426 g/mol. The summed E-state index contributed by atoms with van der Waals surface area (Å²) in [6.45, 7) is 2.17. The zero-order chi connectivity index (χ0) is 22.1. The molecule has 0 saturated heterocycles. The molecule has 0 radical (unpaired) electrons. The molecule has 0 aliphatic heterocycles. The molecule has 0 heterocycles. The fourth-order valence-corrected chi connectivity index (χ4v) is 5.82. The van der Waals surface area contributed by atoms with Gasteiger partial charge in [0.2, 0.25) is 0 Å². The minimum atomic E-state index is -0.545. The van der Waals surface area contributed by atoms with Crippen LogP contribution in [0.4, 0.5) is 0 Å². The van der Waals surface area contributed by atoms with Gasteiger partial charge in [-0.1, -0.05) is 67.1 Å². The Kier molecular flexibility index (Phi) is 5.50. The SMILES string of the molecule is COc1cc(C=NC2CC3CCC2C3)c(O)c(C(C)(c2ccccc2)c2ccccc2)c1. The van der Waals surface area contributed by atoms with E-state index >= 15 is 0 Å². The van der Waals surface area contributed by atoms with Gasteiger partial charge in [-0.2, -0.15) is 0 Å². The van der Waals surface area contributed by atoms with Crippen molar-refractivity contribution in [2.24, 2.45) is 16.8 Å². The zero-order valence-corrected chi connectivity index (χ0v) is 18.9. The van der Waals surface area contributed by atoms with E-state index in [1.807, 2.05) is 54.7 Å². The van der Waals surface area contributed by atoms with Crippen molar-refractivity contribution in [3.63, 3.8) is 0 Å². The maximum Gasteiger partial charge on any atom is 0.129 e. The third-order valence-corrected chi connectivity index (χ3v) is 7.70. The number of methoxy groups -OCH3 is 1. The molecule has 32 heavy (non-hydrogen) atoms. The van der Waals surface area contributed by atoms with Gasteiger partial charge in [0.1, 0.15) is 11.5 Å². The van der Waals surface area contributed by atoms with Gasteiger partial charge in [0.15, 0.2) is 0 Å². The van der Waals surface area contributed by atoms with Crippen molar-refractivity contribution in [1.29, 1.82) is 0 Å². The second-order valence-electron chi connectivity index (χ2n) is 9.49. The first kappa shape index (κ1) is 20.8. The van der Waals surface area contributed by atoms with E-state index in [4.69, 9.17) is 9.73 Å². The molecular formula is C29H31NO2. The molecule has 3 unspecified atom stereocenters. The van der Waals surface area contributed by atoms with E-state index in [1.54, 1.807) is 7.11 Å². The van der Waals surface area contributed by atoms with Gasteiger partial charge in [0.05, 0.1) is 13.2 Å². The summed E-state index contributed by atoms with van der Waals surface area (Å²) in [5.41, 5.74) is 3.23. The lowest BCUT2D eigenvalue weighted by Gasteiger charge is -2.33. The number of fused-ring (bicyclic) bond motifs is 2. The van der Waals surface area contributed by atoms with Crippen molar-refractivity contribution in [1.82, 2.24) is 0 Å². The molecule has 0 spiro atoms. The molecule has 2 aliphatic rings. The summed E-state index contributed by atoms with van der Waals surface area (Å²) in [5, 5.41) is 11.5. The highest BCUT2D eigenvalue weighted by Crippen LogP contribution is 2.47. The Morgan fingerprint density at radius 2 is 1.59 bits per heavy atom. The standard InChI is InChI=1S/C29H31NO2/c1-29(23-9-5-3-6-10-23,24-11-7-4-8-12-24)26-18-25(32-2)17-22(28(26)31)19-30-27-16-20-13-14-21(27)15-20/h3-12,17-21,27,31H,13-16H2,1-2H3. The Morgan fingerprint density at radius 3 is 2.12 bits per heavy atom. The molecule has 164 valence electrons. The van der Waals surface area contributed by atoms with Gasteiger partial charge in [-0.25, -0.2) is 0 Å². The van der Waals surface area contributed by atoms with Gasteiger partial charge in [-0.3, -0.25) is 4.99 Å². The van der Waals surface area contributed by atoms with E-state index in [-0.39, 0.29) is 5.75 Å². The predicted molar refractivity (Wildman–Crippen MR) is 130 cm³/mol. The summed E-state index contributed by atoms with van der Waals surface area (Å²) >= 11 is 0. The number of benzene rings is 3. The molecule has 3 aromatic carbocycles. The third kappa shape index (κ3) is 3.60. The van der Waals surface area contributed by atoms with E-state index in [0.29, 0.717) is 12.0 Å². The first-order valence-electron chi connectivity index (χ1n) is 11.6. The summed E-state index contributed by atoms with van der Waals surface area (Å²) < 4.78 is 5.67. The van der Waals surface area contributed by atoms with E-state index in [2.05, 4.69) is 31.2 Å². The van der Waals surface area contributed by atoms with E-state index in [0.717, 1.165) is 33.9 Å². The van der Waals surface area contributed by atoms with Crippen molar-refractivity contribution in [3.8, 4) is 11.5 Å². The lowest BCUT2D eigenvalue weighted by Crippen LogP contribution is -2.26. The number of rotatable bonds is 6. The molecule has 0 aromatic heterocycles. The number of phenols is 1.